The van der Waals surface area contributed by atoms with E-state index in [1.54, 1.807) is 18.7 Å². The fourth-order valence-electron chi connectivity index (χ4n) is 3.65. The Morgan fingerprint density at radius 3 is 2.83 bits per heavy atom. The zero-order valence-corrected chi connectivity index (χ0v) is 18.1. The summed E-state index contributed by atoms with van der Waals surface area (Å²) >= 11 is 2.95. The molecule has 0 bridgehead atoms. The summed E-state index contributed by atoms with van der Waals surface area (Å²) in [6.45, 7) is 4.98. The number of ether oxygens (including phenoxy) is 3. The summed E-state index contributed by atoms with van der Waals surface area (Å²) in [5.74, 6) is 1.07. The number of hydrogen-bond donors (Lipinski definition) is 1. The monoisotopic (exact) mass is 445 g/mol. The number of thiophene rings is 1. The molecule has 30 heavy (non-hydrogen) atoms. The van der Waals surface area contributed by atoms with Crippen LogP contribution < -0.4 is 14.8 Å². The maximum Gasteiger partial charge on any atom is 0.341 e. The van der Waals surface area contributed by atoms with Gasteiger partial charge in [-0.25, -0.2) is 9.78 Å². The largest absolute Gasteiger partial charge is 0.462 e. The van der Waals surface area contributed by atoms with Crippen molar-refractivity contribution in [1.82, 2.24) is 9.88 Å². The first-order valence-corrected chi connectivity index (χ1v) is 11.2. The van der Waals surface area contributed by atoms with Gasteiger partial charge in [-0.2, -0.15) is 0 Å². The Morgan fingerprint density at radius 2 is 2.07 bits per heavy atom. The molecule has 0 atom stereocenters. The molecule has 2 aromatic heterocycles. The molecule has 1 N–H and O–H groups in total. The predicted molar refractivity (Wildman–Crippen MR) is 114 cm³/mol. The topological polar surface area (TPSA) is 90.0 Å². The molecule has 8 nitrogen and oxygen atoms in total. The third-order valence-electron chi connectivity index (χ3n) is 5.09. The van der Waals surface area contributed by atoms with Crippen molar-refractivity contribution in [2.24, 2.45) is 0 Å². The molecule has 5 rings (SSSR count). The second kappa shape index (κ2) is 7.44. The molecule has 0 unspecified atom stereocenters. The number of esters is 1. The highest BCUT2D eigenvalue weighted by molar-refractivity contribution is 7.23. The summed E-state index contributed by atoms with van der Waals surface area (Å²) in [6.07, 6.45) is 0.627. The van der Waals surface area contributed by atoms with E-state index in [1.165, 1.54) is 22.7 Å². The van der Waals surface area contributed by atoms with Gasteiger partial charge >= 0.3 is 5.97 Å². The second-order valence-electron chi connectivity index (χ2n) is 6.94. The van der Waals surface area contributed by atoms with Gasteiger partial charge in [0, 0.05) is 30.5 Å². The van der Waals surface area contributed by atoms with Crippen molar-refractivity contribution in [3.05, 3.63) is 28.1 Å². The molecule has 0 saturated carbocycles. The number of carbonyl (C=O) groups excluding carboxylic acids is 2. The maximum atomic E-state index is 12.7. The average molecular weight is 446 g/mol. The molecule has 0 radical (unpaired) electrons. The van der Waals surface area contributed by atoms with Crippen molar-refractivity contribution >= 4 is 54.9 Å². The minimum atomic E-state index is -0.351. The summed E-state index contributed by atoms with van der Waals surface area (Å²) in [5, 5.41) is 4.68. The highest BCUT2D eigenvalue weighted by Gasteiger charge is 2.30. The van der Waals surface area contributed by atoms with Crippen LogP contribution in [0.15, 0.2) is 12.1 Å². The first kappa shape index (κ1) is 19.1. The van der Waals surface area contributed by atoms with Crippen molar-refractivity contribution in [2.45, 2.75) is 26.8 Å². The Balaban J connectivity index is 1.51. The van der Waals surface area contributed by atoms with Crippen molar-refractivity contribution in [3.63, 3.8) is 0 Å². The summed E-state index contributed by atoms with van der Waals surface area (Å²) in [6, 6.07) is 3.77. The third-order valence-corrected chi connectivity index (χ3v) is 7.15. The molecule has 10 heteroatoms. The highest BCUT2D eigenvalue weighted by atomic mass is 32.1. The van der Waals surface area contributed by atoms with E-state index in [0.717, 1.165) is 20.7 Å². The lowest BCUT2D eigenvalue weighted by Crippen LogP contribution is -2.33. The number of thiazole rings is 1. The van der Waals surface area contributed by atoms with Crippen molar-refractivity contribution in [3.8, 4) is 11.5 Å². The summed E-state index contributed by atoms with van der Waals surface area (Å²) in [7, 11) is 0. The van der Waals surface area contributed by atoms with E-state index in [4.69, 9.17) is 14.2 Å². The van der Waals surface area contributed by atoms with Crippen molar-refractivity contribution in [2.75, 3.05) is 25.3 Å². The van der Waals surface area contributed by atoms with Gasteiger partial charge < -0.3 is 24.4 Å². The van der Waals surface area contributed by atoms with Crippen LogP contribution in [0, 0.1) is 0 Å². The normalized spacial score (nSPS) is 14.7. The number of nitrogens with one attached hydrogen (secondary N) is 1. The fraction of sp³-hybridized carbons (Fsp3) is 0.350. The fourth-order valence-corrected chi connectivity index (χ4v) is 5.84. The Hall–Kier alpha value is -2.85. The van der Waals surface area contributed by atoms with E-state index in [9.17, 15) is 9.59 Å². The van der Waals surface area contributed by atoms with Gasteiger partial charge in [0.25, 0.3) is 0 Å². The van der Waals surface area contributed by atoms with Crippen LogP contribution in [0.2, 0.25) is 0 Å². The van der Waals surface area contributed by atoms with E-state index in [0.29, 0.717) is 53.3 Å². The first-order valence-electron chi connectivity index (χ1n) is 9.58. The number of fused-ring (bicyclic) bond motifs is 3. The standard InChI is InChI=1S/C20H19N3O5S2/c1-3-26-19(25)17-11-4-5-23(10(2)24)8-16(11)29-18(17)22-20-21-12-6-13-14(28-9-27-13)7-15(12)30-20/h6-7H,3-5,8-9H2,1-2H3,(H,21,22). The summed E-state index contributed by atoms with van der Waals surface area (Å²) < 4.78 is 17.1. The number of anilines is 2. The number of benzene rings is 1. The van der Waals surface area contributed by atoms with Gasteiger partial charge in [0.2, 0.25) is 12.7 Å². The summed E-state index contributed by atoms with van der Waals surface area (Å²) in [5.41, 5.74) is 2.31. The molecule has 3 aromatic rings. The maximum absolute atomic E-state index is 12.7. The number of hydrogen-bond acceptors (Lipinski definition) is 9. The number of rotatable bonds is 4. The minimum Gasteiger partial charge on any atom is -0.462 e. The molecule has 0 fully saturated rings. The average Bonchev–Trinajstić information content (AvgIpc) is 3.40. The van der Waals surface area contributed by atoms with Crippen LogP contribution >= 0.6 is 22.7 Å². The van der Waals surface area contributed by atoms with Crippen LogP contribution in [0.25, 0.3) is 10.2 Å². The molecule has 156 valence electrons. The zero-order valence-electron chi connectivity index (χ0n) is 16.4. The van der Waals surface area contributed by atoms with Crippen LogP contribution in [0.5, 0.6) is 11.5 Å². The van der Waals surface area contributed by atoms with Crippen molar-refractivity contribution in [1.29, 1.82) is 0 Å². The quantitative estimate of drug-likeness (QED) is 0.609. The van der Waals surface area contributed by atoms with Gasteiger partial charge in [0.1, 0.15) is 5.00 Å². The molecule has 0 spiro atoms. The van der Waals surface area contributed by atoms with Crippen LogP contribution in [0.4, 0.5) is 10.1 Å². The lowest BCUT2D eigenvalue weighted by Gasteiger charge is -2.25. The molecular formula is C20H19N3O5S2. The van der Waals surface area contributed by atoms with Gasteiger partial charge in [-0.1, -0.05) is 11.3 Å². The smallest absolute Gasteiger partial charge is 0.341 e. The Kier molecular flexibility index (Phi) is 4.75. The lowest BCUT2D eigenvalue weighted by atomic mass is 10.0. The van der Waals surface area contributed by atoms with Crippen LogP contribution in [0.3, 0.4) is 0 Å². The molecule has 4 heterocycles. The molecule has 1 amide bonds. The second-order valence-corrected chi connectivity index (χ2v) is 9.07. The van der Waals surface area contributed by atoms with E-state index in [1.807, 2.05) is 12.1 Å². The highest BCUT2D eigenvalue weighted by Crippen LogP contribution is 2.42. The van der Waals surface area contributed by atoms with Crippen LogP contribution in [0.1, 0.15) is 34.6 Å². The Morgan fingerprint density at radius 1 is 1.27 bits per heavy atom. The van der Waals surface area contributed by atoms with Gasteiger partial charge in [0.05, 0.1) is 28.9 Å². The molecule has 0 saturated heterocycles. The minimum absolute atomic E-state index is 0.0323. The number of aromatic nitrogens is 1. The van der Waals surface area contributed by atoms with Gasteiger partial charge in [-0.3, -0.25) is 4.79 Å². The molecular weight excluding hydrogens is 426 g/mol. The van der Waals surface area contributed by atoms with E-state index >= 15 is 0 Å². The van der Waals surface area contributed by atoms with E-state index in [2.05, 4.69) is 10.3 Å². The van der Waals surface area contributed by atoms with E-state index < -0.39 is 0 Å². The van der Waals surface area contributed by atoms with Crippen LogP contribution in [-0.4, -0.2) is 41.7 Å². The first-order chi connectivity index (χ1) is 14.5. The summed E-state index contributed by atoms with van der Waals surface area (Å²) in [4.78, 5) is 32.0. The SMILES string of the molecule is CCOC(=O)c1c(Nc2nc3cc4c(cc3s2)OCO4)sc2c1CCN(C(C)=O)C2. The number of carbonyl (C=O) groups is 2. The zero-order chi connectivity index (χ0) is 20.8. The van der Waals surface area contributed by atoms with Crippen LogP contribution in [-0.2, 0) is 22.5 Å². The Labute approximate surface area is 180 Å². The molecule has 2 aliphatic heterocycles. The Bertz CT molecular complexity index is 1130. The molecule has 1 aromatic carbocycles. The molecule has 2 aliphatic rings. The number of nitrogens with zero attached hydrogens (tertiary/aromatic N) is 2. The van der Waals surface area contributed by atoms with Gasteiger partial charge in [-0.05, 0) is 18.9 Å². The van der Waals surface area contributed by atoms with Gasteiger partial charge in [0.15, 0.2) is 16.6 Å². The molecule has 0 aliphatic carbocycles. The van der Waals surface area contributed by atoms with E-state index in [-0.39, 0.29) is 18.7 Å². The lowest BCUT2D eigenvalue weighted by molar-refractivity contribution is -0.129. The van der Waals surface area contributed by atoms with Gasteiger partial charge in [-0.15, -0.1) is 11.3 Å². The predicted octanol–water partition coefficient (Wildman–Crippen LogP) is 3.91. The number of amides is 1. The van der Waals surface area contributed by atoms with Crippen molar-refractivity contribution < 1.29 is 23.8 Å². The third kappa shape index (κ3) is 3.25.